The van der Waals surface area contributed by atoms with Gasteiger partial charge in [-0.1, -0.05) is 13.8 Å². The molecular formula is C21H28N6O2S3. The summed E-state index contributed by atoms with van der Waals surface area (Å²) in [5, 5.41) is 5.00. The standard InChI is InChI=1S/C21H28N6O2S3/c1-14(2)21-24-16(11-31-21)9-27-6-5-17(10-27)26(4)18-8-22-20(7-15(18)3)32(28,29)25-19-12-30-13-23-19/h7-8,11-14,17,25H,5-6,9-10H2,1-4H3/t17-/m0/s1. The average molecular weight is 493 g/mol. The number of hydrogen-bond acceptors (Lipinski definition) is 9. The molecule has 3 aromatic heterocycles. The van der Waals surface area contributed by atoms with Crippen LogP contribution in [0.15, 0.2) is 33.6 Å². The van der Waals surface area contributed by atoms with Gasteiger partial charge in [0.1, 0.15) is 0 Å². The fourth-order valence-electron chi connectivity index (χ4n) is 3.85. The van der Waals surface area contributed by atoms with Crippen molar-refractivity contribution < 1.29 is 8.42 Å². The normalized spacial score (nSPS) is 17.2. The van der Waals surface area contributed by atoms with Gasteiger partial charge in [-0.2, -0.15) is 8.42 Å². The van der Waals surface area contributed by atoms with E-state index in [4.69, 9.17) is 4.98 Å². The maximum atomic E-state index is 12.6. The molecule has 0 spiro atoms. The second kappa shape index (κ2) is 9.42. The molecule has 0 aliphatic carbocycles. The van der Waals surface area contributed by atoms with Crippen LogP contribution in [0.5, 0.6) is 0 Å². The lowest BCUT2D eigenvalue weighted by molar-refractivity contribution is 0.322. The number of nitrogens with one attached hydrogen (secondary N) is 1. The number of sulfonamides is 1. The highest BCUT2D eigenvalue weighted by Crippen LogP contribution is 2.27. The summed E-state index contributed by atoms with van der Waals surface area (Å²) in [6, 6.07) is 1.96. The van der Waals surface area contributed by atoms with Crippen LogP contribution >= 0.6 is 22.7 Å². The fourth-order valence-corrected chi connectivity index (χ4v) is 6.25. The molecule has 1 fully saturated rings. The molecule has 1 N–H and O–H groups in total. The minimum absolute atomic E-state index is 0.00214. The van der Waals surface area contributed by atoms with Crippen LogP contribution < -0.4 is 9.62 Å². The van der Waals surface area contributed by atoms with E-state index in [1.807, 2.05) is 6.92 Å². The van der Waals surface area contributed by atoms with Crippen LogP contribution in [0.1, 0.15) is 42.5 Å². The summed E-state index contributed by atoms with van der Waals surface area (Å²) in [5.41, 5.74) is 4.54. The minimum atomic E-state index is -3.76. The summed E-state index contributed by atoms with van der Waals surface area (Å²) in [6.45, 7) is 9.09. The fraction of sp³-hybridized carbons (Fsp3) is 0.476. The Labute approximate surface area is 197 Å². The van der Waals surface area contributed by atoms with Crippen molar-refractivity contribution in [1.29, 1.82) is 0 Å². The molecule has 4 rings (SSSR count). The van der Waals surface area contributed by atoms with Gasteiger partial charge >= 0.3 is 0 Å². The molecule has 0 bridgehead atoms. The number of likely N-dealkylation sites (N-methyl/N-ethyl adjacent to an activating group) is 1. The molecule has 0 unspecified atom stereocenters. The topological polar surface area (TPSA) is 91.3 Å². The van der Waals surface area contributed by atoms with E-state index in [-0.39, 0.29) is 5.03 Å². The summed E-state index contributed by atoms with van der Waals surface area (Å²) in [5.74, 6) is 0.771. The number of pyridine rings is 1. The Balaban J connectivity index is 1.41. The second-order valence-electron chi connectivity index (χ2n) is 8.41. The minimum Gasteiger partial charge on any atom is -0.369 e. The van der Waals surface area contributed by atoms with Gasteiger partial charge in [0.2, 0.25) is 0 Å². The van der Waals surface area contributed by atoms with Crippen LogP contribution in [-0.4, -0.2) is 54.4 Å². The van der Waals surface area contributed by atoms with Crippen LogP contribution in [0.3, 0.4) is 0 Å². The van der Waals surface area contributed by atoms with Crippen molar-refractivity contribution in [3.05, 3.63) is 44.8 Å². The maximum absolute atomic E-state index is 12.6. The van der Waals surface area contributed by atoms with Gasteiger partial charge in [-0.25, -0.2) is 15.0 Å². The Hall–Kier alpha value is -2.08. The van der Waals surface area contributed by atoms with Crippen molar-refractivity contribution in [3.63, 3.8) is 0 Å². The first-order valence-electron chi connectivity index (χ1n) is 10.5. The Morgan fingerprint density at radius 2 is 2.12 bits per heavy atom. The van der Waals surface area contributed by atoms with E-state index < -0.39 is 10.0 Å². The zero-order chi connectivity index (χ0) is 22.9. The summed E-state index contributed by atoms with van der Waals surface area (Å²) in [4.78, 5) is 17.6. The Kier molecular flexibility index (Phi) is 6.80. The van der Waals surface area contributed by atoms with Crippen molar-refractivity contribution >= 4 is 44.2 Å². The SMILES string of the molecule is Cc1cc(S(=O)(=O)Nc2cscn2)ncc1N(C)[C@H]1CCN(Cc2csc(C(C)C)n2)C1. The van der Waals surface area contributed by atoms with Crippen LogP contribution in [0.4, 0.5) is 11.5 Å². The largest absolute Gasteiger partial charge is 0.369 e. The van der Waals surface area contributed by atoms with Gasteiger partial charge in [0.25, 0.3) is 10.0 Å². The first-order valence-corrected chi connectivity index (χ1v) is 13.8. The van der Waals surface area contributed by atoms with E-state index in [2.05, 4.69) is 50.8 Å². The molecule has 3 aromatic rings. The zero-order valence-corrected chi connectivity index (χ0v) is 21.1. The lowest BCUT2D eigenvalue weighted by Gasteiger charge is -2.28. The van der Waals surface area contributed by atoms with Gasteiger partial charge in [-0.05, 0) is 25.0 Å². The lowest BCUT2D eigenvalue weighted by atomic mass is 10.1. The smallest absolute Gasteiger partial charge is 0.280 e. The highest BCUT2D eigenvalue weighted by Gasteiger charge is 2.28. The van der Waals surface area contributed by atoms with Crippen molar-refractivity contribution in [3.8, 4) is 0 Å². The molecule has 4 heterocycles. The predicted molar refractivity (Wildman–Crippen MR) is 130 cm³/mol. The number of thiazole rings is 2. The monoisotopic (exact) mass is 492 g/mol. The predicted octanol–water partition coefficient (Wildman–Crippen LogP) is 3.94. The third-order valence-corrected chi connectivity index (χ3v) is 8.66. The van der Waals surface area contributed by atoms with Gasteiger partial charge in [0.15, 0.2) is 10.8 Å². The number of aryl methyl sites for hydroxylation is 1. The van der Waals surface area contributed by atoms with E-state index in [1.165, 1.54) is 16.3 Å². The lowest BCUT2D eigenvalue weighted by Crippen LogP contribution is -2.35. The molecule has 8 nitrogen and oxygen atoms in total. The van der Waals surface area contributed by atoms with E-state index in [0.717, 1.165) is 43.0 Å². The van der Waals surface area contributed by atoms with Gasteiger partial charge in [0.05, 0.1) is 28.1 Å². The van der Waals surface area contributed by atoms with Crippen molar-refractivity contribution in [2.75, 3.05) is 29.8 Å². The summed E-state index contributed by atoms with van der Waals surface area (Å²) < 4.78 is 27.7. The Morgan fingerprint density at radius 3 is 2.78 bits per heavy atom. The molecule has 172 valence electrons. The Morgan fingerprint density at radius 1 is 1.31 bits per heavy atom. The quantitative estimate of drug-likeness (QED) is 0.509. The number of hydrogen-bond donors (Lipinski definition) is 1. The molecular weight excluding hydrogens is 464 g/mol. The van der Waals surface area contributed by atoms with E-state index >= 15 is 0 Å². The zero-order valence-electron chi connectivity index (χ0n) is 18.6. The van der Waals surface area contributed by atoms with E-state index in [0.29, 0.717) is 17.8 Å². The van der Waals surface area contributed by atoms with E-state index in [9.17, 15) is 8.42 Å². The van der Waals surface area contributed by atoms with Crippen molar-refractivity contribution in [2.45, 2.75) is 50.7 Å². The Bertz CT molecular complexity index is 1160. The molecule has 1 atom stereocenters. The summed E-state index contributed by atoms with van der Waals surface area (Å²) in [7, 11) is -1.71. The second-order valence-corrected chi connectivity index (χ2v) is 11.6. The number of likely N-dealkylation sites (tertiary alicyclic amines) is 1. The molecule has 1 aliphatic heterocycles. The number of rotatable bonds is 8. The maximum Gasteiger partial charge on any atom is 0.280 e. The van der Waals surface area contributed by atoms with Crippen molar-refractivity contribution in [1.82, 2.24) is 19.9 Å². The van der Waals surface area contributed by atoms with Crippen LogP contribution in [-0.2, 0) is 16.6 Å². The summed E-state index contributed by atoms with van der Waals surface area (Å²) in [6.07, 6.45) is 2.70. The molecule has 0 amide bonds. The highest BCUT2D eigenvalue weighted by atomic mass is 32.2. The van der Waals surface area contributed by atoms with Gasteiger partial charge in [-0.15, -0.1) is 22.7 Å². The third-order valence-electron chi connectivity index (χ3n) is 5.63. The molecule has 0 aromatic carbocycles. The van der Waals surface area contributed by atoms with Crippen LogP contribution in [0.25, 0.3) is 0 Å². The van der Waals surface area contributed by atoms with Gasteiger partial charge in [-0.3, -0.25) is 9.62 Å². The van der Waals surface area contributed by atoms with Crippen LogP contribution in [0.2, 0.25) is 0 Å². The van der Waals surface area contributed by atoms with Gasteiger partial charge < -0.3 is 4.90 Å². The molecule has 1 aliphatic rings. The van der Waals surface area contributed by atoms with E-state index in [1.54, 1.807) is 34.5 Å². The number of aromatic nitrogens is 3. The molecule has 0 saturated carbocycles. The summed E-state index contributed by atoms with van der Waals surface area (Å²) >= 11 is 3.07. The number of nitrogens with zero attached hydrogens (tertiary/aromatic N) is 5. The molecule has 1 saturated heterocycles. The molecule has 32 heavy (non-hydrogen) atoms. The average Bonchev–Trinajstić information content (AvgIpc) is 3.50. The third kappa shape index (κ3) is 5.11. The first kappa shape index (κ1) is 23.1. The molecule has 0 radical (unpaired) electrons. The van der Waals surface area contributed by atoms with Gasteiger partial charge in [0, 0.05) is 49.4 Å². The molecule has 11 heteroatoms. The first-order chi connectivity index (χ1) is 15.2. The van der Waals surface area contributed by atoms with Crippen molar-refractivity contribution in [2.24, 2.45) is 0 Å². The number of anilines is 2. The highest BCUT2D eigenvalue weighted by molar-refractivity contribution is 7.92. The van der Waals surface area contributed by atoms with Crippen LogP contribution in [0, 0.1) is 6.92 Å².